The van der Waals surface area contributed by atoms with Gasteiger partial charge in [0.05, 0.1) is 18.6 Å². The molecule has 3 unspecified atom stereocenters. The number of carboxylic acid groups (broad SMARTS) is 1. The van der Waals surface area contributed by atoms with E-state index in [1.807, 2.05) is 30.3 Å². The third-order valence-electron chi connectivity index (χ3n) is 4.06. The molecule has 1 aromatic rings. The Labute approximate surface area is 113 Å². The molecule has 2 aliphatic heterocycles. The Balaban J connectivity index is 1.81. The summed E-state index contributed by atoms with van der Waals surface area (Å²) < 4.78 is 5.83. The highest BCUT2D eigenvalue weighted by atomic mass is 16.5. The molecule has 4 nitrogen and oxygen atoms in total. The van der Waals surface area contributed by atoms with Gasteiger partial charge >= 0.3 is 5.97 Å². The third-order valence-corrected chi connectivity index (χ3v) is 4.06. The van der Waals surface area contributed by atoms with Gasteiger partial charge < -0.3 is 9.84 Å². The first kappa shape index (κ1) is 12.6. The van der Waals surface area contributed by atoms with Crippen LogP contribution in [0.4, 0.5) is 0 Å². The molecular weight excluding hydrogens is 242 g/mol. The minimum atomic E-state index is -0.743. The average Bonchev–Trinajstić information content (AvgIpc) is 2.75. The standard InChI is InChI=1S/C15H19NO3/c17-15(18)8-14(11-4-2-1-3-5-11)16-9-12-6-7-13(10-16)19-12/h1-5,12-14H,6-10H2,(H,17,18). The number of rotatable bonds is 4. The van der Waals surface area contributed by atoms with Crippen LogP contribution >= 0.6 is 0 Å². The van der Waals surface area contributed by atoms with E-state index in [1.54, 1.807) is 0 Å². The quantitative estimate of drug-likeness (QED) is 0.901. The maximum atomic E-state index is 11.1. The molecule has 2 bridgehead atoms. The van der Waals surface area contributed by atoms with Crippen molar-refractivity contribution in [2.24, 2.45) is 0 Å². The van der Waals surface area contributed by atoms with Crippen LogP contribution < -0.4 is 0 Å². The minimum Gasteiger partial charge on any atom is -0.481 e. The normalized spacial score (nSPS) is 28.2. The van der Waals surface area contributed by atoms with Crippen LogP contribution in [-0.4, -0.2) is 41.3 Å². The third kappa shape index (κ3) is 2.80. The molecule has 0 radical (unpaired) electrons. The lowest BCUT2D eigenvalue weighted by Gasteiger charge is -2.37. The van der Waals surface area contributed by atoms with Crippen molar-refractivity contribution in [2.45, 2.75) is 37.5 Å². The number of fused-ring (bicyclic) bond motifs is 2. The average molecular weight is 261 g/mol. The number of aliphatic carboxylic acids is 1. The van der Waals surface area contributed by atoms with E-state index in [1.165, 1.54) is 0 Å². The summed E-state index contributed by atoms with van der Waals surface area (Å²) in [5, 5.41) is 9.17. The second-order valence-electron chi connectivity index (χ2n) is 5.44. The summed E-state index contributed by atoms with van der Waals surface area (Å²) in [5.41, 5.74) is 1.09. The van der Waals surface area contributed by atoms with Crippen LogP contribution in [0.5, 0.6) is 0 Å². The van der Waals surface area contributed by atoms with Gasteiger partial charge in [-0.25, -0.2) is 0 Å². The molecule has 3 rings (SSSR count). The lowest BCUT2D eigenvalue weighted by molar-refractivity contribution is -0.139. The number of likely N-dealkylation sites (tertiary alicyclic amines) is 1. The number of hydrogen-bond acceptors (Lipinski definition) is 3. The van der Waals surface area contributed by atoms with E-state index in [0.29, 0.717) is 12.2 Å². The first-order chi connectivity index (χ1) is 9.22. The van der Waals surface area contributed by atoms with E-state index in [9.17, 15) is 4.79 Å². The molecule has 0 saturated carbocycles. The SMILES string of the molecule is O=C(O)CC(c1ccccc1)N1CC2CCC(C1)O2. The van der Waals surface area contributed by atoms with Crippen LogP contribution in [0.1, 0.15) is 30.9 Å². The zero-order valence-corrected chi connectivity index (χ0v) is 10.9. The molecule has 2 fully saturated rings. The van der Waals surface area contributed by atoms with Gasteiger partial charge in [-0.1, -0.05) is 30.3 Å². The molecule has 1 N–H and O–H groups in total. The molecule has 102 valence electrons. The Hall–Kier alpha value is -1.39. The van der Waals surface area contributed by atoms with Crippen LogP contribution in [-0.2, 0) is 9.53 Å². The van der Waals surface area contributed by atoms with E-state index in [0.717, 1.165) is 31.5 Å². The second-order valence-corrected chi connectivity index (χ2v) is 5.44. The van der Waals surface area contributed by atoms with Crippen molar-refractivity contribution in [1.82, 2.24) is 4.90 Å². The number of carbonyl (C=O) groups is 1. The number of ether oxygens (including phenoxy) is 1. The summed E-state index contributed by atoms with van der Waals surface area (Å²) in [6, 6.07) is 9.91. The van der Waals surface area contributed by atoms with Gasteiger partial charge in [-0.05, 0) is 18.4 Å². The fourth-order valence-electron chi connectivity index (χ4n) is 3.20. The van der Waals surface area contributed by atoms with E-state index in [-0.39, 0.29) is 12.5 Å². The molecule has 0 spiro atoms. The van der Waals surface area contributed by atoms with Gasteiger partial charge in [-0.15, -0.1) is 0 Å². The maximum Gasteiger partial charge on any atom is 0.305 e. The minimum absolute atomic E-state index is 0.0364. The van der Waals surface area contributed by atoms with Gasteiger partial charge in [0.1, 0.15) is 0 Å². The fourth-order valence-corrected chi connectivity index (χ4v) is 3.20. The van der Waals surface area contributed by atoms with Crippen LogP contribution in [0.2, 0.25) is 0 Å². The molecule has 2 aliphatic rings. The molecular formula is C15H19NO3. The van der Waals surface area contributed by atoms with E-state index in [2.05, 4.69) is 4.90 Å². The molecule has 3 atom stereocenters. The van der Waals surface area contributed by atoms with Crippen LogP contribution in [0.15, 0.2) is 30.3 Å². The van der Waals surface area contributed by atoms with Gasteiger partial charge in [-0.2, -0.15) is 0 Å². The first-order valence-corrected chi connectivity index (χ1v) is 6.88. The van der Waals surface area contributed by atoms with Gasteiger partial charge in [-0.3, -0.25) is 9.69 Å². The molecule has 0 amide bonds. The zero-order valence-electron chi connectivity index (χ0n) is 10.9. The second kappa shape index (κ2) is 5.31. The highest BCUT2D eigenvalue weighted by molar-refractivity contribution is 5.68. The summed E-state index contributed by atoms with van der Waals surface area (Å²) in [6.07, 6.45) is 2.95. The van der Waals surface area contributed by atoms with Gasteiger partial charge in [0, 0.05) is 19.1 Å². The Morgan fingerprint density at radius 3 is 2.47 bits per heavy atom. The molecule has 0 aliphatic carbocycles. The van der Waals surface area contributed by atoms with E-state index < -0.39 is 5.97 Å². The molecule has 4 heteroatoms. The summed E-state index contributed by atoms with van der Waals surface area (Å²) in [6.45, 7) is 1.70. The van der Waals surface area contributed by atoms with Crippen molar-refractivity contribution in [3.05, 3.63) is 35.9 Å². The number of benzene rings is 1. The smallest absolute Gasteiger partial charge is 0.305 e. The lowest BCUT2D eigenvalue weighted by Crippen LogP contribution is -2.45. The summed E-state index contributed by atoms with van der Waals surface area (Å²) in [5.74, 6) is -0.743. The first-order valence-electron chi connectivity index (χ1n) is 6.88. The van der Waals surface area contributed by atoms with Crippen molar-refractivity contribution in [1.29, 1.82) is 0 Å². The highest BCUT2D eigenvalue weighted by Gasteiger charge is 2.37. The van der Waals surface area contributed by atoms with Crippen molar-refractivity contribution >= 4 is 5.97 Å². The lowest BCUT2D eigenvalue weighted by atomic mass is 10.0. The number of nitrogens with zero attached hydrogens (tertiary/aromatic N) is 1. The van der Waals surface area contributed by atoms with E-state index in [4.69, 9.17) is 9.84 Å². The number of hydrogen-bond donors (Lipinski definition) is 1. The maximum absolute atomic E-state index is 11.1. The van der Waals surface area contributed by atoms with Crippen molar-refractivity contribution < 1.29 is 14.6 Å². The summed E-state index contributed by atoms with van der Waals surface area (Å²) >= 11 is 0. The summed E-state index contributed by atoms with van der Waals surface area (Å²) in [4.78, 5) is 13.4. The fraction of sp³-hybridized carbons (Fsp3) is 0.533. The van der Waals surface area contributed by atoms with Crippen LogP contribution in [0.3, 0.4) is 0 Å². The van der Waals surface area contributed by atoms with Crippen LogP contribution in [0.25, 0.3) is 0 Å². The Morgan fingerprint density at radius 1 is 1.26 bits per heavy atom. The molecule has 0 aromatic heterocycles. The monoisotopic (exact) mass is 261 g/mol. The number of carboxylic acids is 1. The Morgan fingerprint density at radius 2 is 1.89 bits per heavy atom. The molecule has 1 aromatic carbocycles. The van der Waals surface area contributed by atoms with Crippen LogP contribution in [0, 0.1) is 0 Å². The van der Waals surface area contributed by atoms with Gasteiger partial charge in [0.25, 0.3) is 0 Å². The van der Waals surface area contributed by atoms with Crippen molar-refractivity contribution in [2.75, 3.05) is 13.1 Å². The zero-order chi connectivity index (χ0) is 13.2. The van der Waals surface area contributed by atoms with Gasteiger partial charge in [0.15, 0.2) is 0 Å². The predicted octanol–water partition coefficient (Wildman–Crippen LogP) is 2.07. The van der Waals surface area contributed by atoms with E-state index >= 15 is 0 Å². The highest BCUT2D eigenvalue weighted by Crippen LogP contribution is 2.33. The molecule has 2 heterocycles. The van der Waals surface area contributed by atoms with Crippen molar-refractivity contribution in [3.8, 4) is 0 Å². The van der Waals surface area contributed by atoms with Crippen molar-refractivity contribution in [3.63, 3.8) is 0 Å². The topological polar surface area (TPSA) is 49.8 Å². The summed E-state index contributed by atoms with van der Waals surface area (Å²) in [7, 11) is 0. The Kier molecular flexibility index (Phi) is 3.53. The Bertz CT molecular complexity index is 436. The molecule has 19 heavy (non-hydrogen) atoms. The predicted molar refractivity (Wildman–Crippen MR) is 70.9 cm³/mol. The van der Waals surface area contributed by atoms with Gasteiger partial charge in [0.2, 0.25) is 0 Å². The largest absolute Gasteiger partial charge is 0.481 e. The number of morpholine rings is 1. The molecule has 2 saturated heterocycles.